The third kappa shape index (κ3) is 3.49. The predicted octanol–water partition coefficient (Wildman–Crippen LogP) is 3.51. The minimum Gasteiger partial charge on any atom is -0.478 e. The van der Waals surface area contributed by atoms with Crippen LogP contribution in [-0.4, -0.2) is 33.1 Å². The highest BCUT2D eigenvalue weighted by Gasteiger charge is 2.41. The molecule has 0 saturated carbocycles. The molecule has 0 aliphatic carbocycles. The van der Waals surface area contributed by atoms with Gasteiger partial charge in [-0.25, -0.2) is 14.7 Å². The van der Waals surface area contributed by atoms with Gasteiger partial charge in [0.05, 0.1) is 26.5 Å². The normalized spacial score (nSPS) is 17.2. The zero-order valence-electron chi connectivity index (χ0n) is 12.5. The molecule has 128 valence electrons. The third-order valence-electron chi connectivity index (χ3n) is 3.52. The molecule has 1 aromatic heterocycles. The largest absolute Gasteiger partial charge is 0.478 e. The summed E-state index contributed by atoms with van der Waals surface area (Å²) in [7, 11) is 0. The van der Waals surface area contributed by atoms with Gasteiger partial charge in [-0.1, -0.05) is 35.0 Å². The number of carboxylic acids is 1. The molecule has 1 aromatic carbocycles. The number of aromatic nitrogens is 1. The third-order valence-corrected chi connectivity index (χ3v) is 5.46. The second kappa shape index (κ2) is 7.03. The van der Waals surface area contributed by atoms with Crippen LogP contribution in [0.5, 0.6) is 0 Å². The molecule has 2 heterocycles. The Balaban J connectivity index is 1.87. The molecule has 2 amide bonds. The van der Waals surface area contributed by atoms with E-state index in [2.05, 4.69) is 4.98 Å². The van der Waals surface area contributed by atoms with Crippen LogP contribution in [0, 0.1) is 0 Å². The molecule has 9 heteroatoms. The molecule has 1 N–H and O–H groups in total. The summed E-state index contributed by atoms with van der Waals surface area (Å²) in [5, 5.41) is 9.18. The van der Waals surface area contributed by atoms with Crippen LogP contribution in [0.15, 0.2) is 41.6 Å². The highest BCUT2D eigenvalue weighted by Crippen LogP contribution is 2.36. The highest BCUT2D eigenvalue weighted by molar-refractivity contribution is 8.00. The summed E-state index contributed by atoms with van der Waals surface area (Å²) in [6.07, 6.45) is 1.38. The van der Waals surface area contributed by atoms with Crippen LogP contribution in [0.2, 0.25) is 10.0 Å². The lowest BCUT2D eigenvalue weighted by Gasteiger charge is -2.15. The number of hydrogen-bond acceptors (Lipinski definition) is 5. The number of nitrogens with zero attached hydrogens (tertiary/aromatic N) is 2. The lowest BCUT2D eigenvalue weighted by molar-refractivity contribution is -0.121. The molecule has 1 fully saturated rings. The van der Waals surface area contributed by atoms with Crippen molar-refractivity contribution in [2.24, 2.45) is 0 Å². The maximum absolute atomic E-state index is 12.6. The fraction of sp³-hybridized carbons (Fsp3) is 0.125. The van der Waals surface area contributed by atoms with Gasteiger partial charge < -0.3 is 5.11 Å². The van der Waals surface area contributed by atoms with Crippen molar-refractivity contribution in [3.8, 4) is 0 Å². The Morgan fingerprint density at radius 1 is 1.24 bits per heavy atom. The second-order valence-corrected chi connectivity index (χ2v) is 7.14. The standard InChI is InChI=1S/C16H10Cl2N2O4S/c17-10-4-3-8(6-11(10)18)20-13(21)7-12(15(20)22)25-14-9(16(23)24)2-1-5-19-14/h1-6,12H,7H2,(H,23,24)/t12-/m0/s1. The SMILES string of the molecule is O=C(O)c1cccnc1S[C@H]1CC(=O)N(c2ccc(Cl)c(Cl)c2)C1=O. The number of anilines is 1. The van der Waals surface area contributed by atoms with Gasteiger partial charge in [0.2, 0.25) is 11.8 Å². The monoisotopic (exact) mass is 396 g/mol. The van der Waals surface area contributed by atoms with Crippen LogP contribution in [0.4, 0.5) is 5.69 Å². The van der Waals surface area contributed by atoms with Crippen molar-refractivity contribution in [2.75, 3.05) is 4.90 Å². The first-order valence-electron chi connectivity index (χ1n) is 7.05. The van der Waals surface area contributed by atoms with E-state index in [0.29, 0.717) is 10.7 Å². The molecule has 0 spiro atoms. The number of carbonyl (C=O) groups is 3. The summed E-state index contributed by atoms with van der Waals surface area (Å²) in [6, 6.07) is 7.37. The van der Waals surface area contributed by atoms with E-state index in [9.17, 15) is 19.5 Å². The fourth-order valence-corrected chi connectivity index (χ4v) is 3.77. The van der Waals surface area contributed by atoms with Gasteiger partial charge in [0.15, 0.2) is 0 Å². The number of hydrogen-bond donors (Lipinski definition) is 1. The summed E-state index contributed by atoms with van der Waals surface area (Å²) < 4.78 is 0. The quantitative estimate of drug-likeness (QED) is 0.795. The van der Waals surface area contributed by atoms with Crippen LogP contribution in [0.25, 0.3) is 0 Å². The zero-order valence-corrected chi connectivity index (χ0v) is 14.8. The van der Waals surface area contributed by atoms with Gasteiger partial charge in [-0.3, -0.25) is 9.59 Å². The molecule has 1 aliphatic heterocycles. The fourth-order valence-electron chi connectivity index (χ4n) is 2.37. The molecular weight excluding hydrogens is 387 g/mol. The predicted molar refractivity (Wildman–Crippen MR) is 94.4 cm³/mol. The first-order valence-corrected chi connectivity index (χ1v) is 8.69. The lowest BCUT2D eigenvalue weighted by atomic mass is 10.3. The molecule has 3 rings (SSSR count). The molecule has 1 atom stereocenters. The van der Waals surface area contributed by atoms with E-state index in [1.165, 1.54) is 36.5 Å². The number of aromatic carboxylic acids is 1. The molecule has 6 nitrogen and oxygen atoms in total. The maximum atomic E-state index is 12.6. The van der Waals surface area contributed by atoms with Gasteiger partial charge in [0.1, 0.15) is 5.03 Å². The topological polar surface area (TPSA) is 87.6 Å². The van der Waals surface area contributed by atoms with Crippen LogP contribution in [0.3, 0.4) is 0 Å². The van der Waals surface area contributed by atoms with Crippen LogP contribution in [0.1, 0.15) is 16.8 Å². The summed E-state index contributed by atoms with van der Waals surface area (Å²) >= 11 is 12.8. The Bertz CT molecular complexity index is 890. The number of carboxylic acid groups (broad SMARTS) is 1. The molecule has 0 bridgehead atoms. The van der Waals surface area contributed by atoms with Gasteiger partial charge in [0.25, 0.3) is 0 Å². The van der Waals surface area contributed by atoms with E-state index in [-0.39, 0.29) is 22.0 Å². The van der Waals surface area contributed by atoms with Gasteiger partial charge in [-0.05, 0) is 30.3 Å². The number of benzene rings is 1. The van der Waals surface area contributed by atoms with Crippen molar-refractivity contribution in [1.82, 2.24) is 4.98 Å². The minimum atomic E-state index is -1.14. The number of pyridine rings is 1. The number of carbonyl (C=O) groups excluding carboxylic acids is 2. The average Bonchev–Trinajstić information content (AvgIpc) is 2.84. The van der Waals surface area contributed by atoms with Gasteiger partial charge in [0, 0.05) is 12.6 Å². The Kier molecular flexibility index (Phi) is 4.99. The molecule has 1 aliphatic rings. The van der Waals surface area contributed by atoms with Crippen LogP contribution >= 0.6 is 35.0 Å². The Labute approximate surface area is 156 Å². The molecule has 1 saturated heterocycles. The number of halogens is 2. The van der Waals surface area contributed by atoms with E-state index in [4.69, 9.17) is 23.2 Å². The average molecular weight is 397 g/mol. The number of amides is 2. The molecule has 0 radical (unpaired) electrons. The second-order valence-electron chi connectivity index (χ2n) is 5.14. The van der Waals surface area contributed by atoms with Gasteiger partial charge in [-0.15, -0.1) is 0 Å². The Morgan fingerprint density at radius 2 is 2.00 bits per heavy atom. The summed E-state index contributed by atoms with van der Waals surface area (Å²) in [6.45, 7) is 0. The lowest BCUT2D eigenvalue weighted by Crippen LogP contribution is -2.31. The van der Waals surface area contributed by atoms with E-state index in [1.807, 2.05) is 0 Å². The first kappa shape index (κ1) is 17.7. The zero-order chi connectivity index (χ0) is 18.1. The van der Waals surface area contributed by atoms with Crippen molar-refractivity contribution in [2.45, 2.75) is 16.7 Å². The van der Waals surface area contributed by atoms with Gasteiger partial charge in [-0.2, -0.15) is 0 Å². The molecule has 2 aromatic rings. The van der Waals surface area contributed by atoms with E-state index < -0.39 is 23.0 Å². The Hall–Kier alpha value is -2.09. The summed E-state index contributed by atoms with van der Waals surface area (Å²) in [5.74, 6) is -1.99. The smallest absolute Gasteiger partial charge is 0.338 e. The maximum Gasteiger partial charge on any atom is 0.338 e. The number of thioether (sulfide) groups is 1. The Morgan fingerprint density at radius 3 is 2.68 bits per heavy atom. The summed E-state index contributed by atoms with van der Waals surface area (Å²) in [5.41, 5.74) is 0.313. The van der Waals surface area contributed by atoms with E-state index in [1.54, 1.807) is 0 Å². The van der Waals surface area contributed by atoms with Crippen molar-refractivity contribution in [3.63, 3.8) is 0 Å². The number of imide groups is 1. The molecular formula is C16H10Cl2N2O4S. The summed E-state index contributed by atoms with van der Waals surface area (Å²) in [4.78, 5) is 41.2. The van der Waals surface area contributed by atoms with Crippen LogP contribution < -0.4 is 4.90 Å². The van der Waals surface area contributed by atoms with E-state index >= 15 is 0 Å². The molecule has 0 unspecified atom stereocenters. The minimum absolute atomic E-state index is 0.0132. The highest BCUT2D eigenvalue weighted by atomic mass is 35.5. The first-order chi connectivity index (χ1) is 11.9. The number of rotatable bonds is 4. The van der Waals surface area contributed by atoms with Gasteiger partial charge >= 0.3 is 5.97 Å². The van der Waals surface area contributed by atoms with E-state index in [0.717, 1.165) is 16.7 Å². The van der Waals surface area contributed by atoms with Crippen molar-refractivity contribution in [1.29, 1.82) is 0 Å². The van der Waals surface area contributed by atoms with Crippen molar-refractivity contribution >= 4 is 58.4 Å². The van der Waals surface area contributed by atoms with Crippen molar-refractivity contribution < 1.29 is 19.5 Å². The van der Waals surface area contributed by atoms with Crippen LogP contribution in [-0.2, 0) is 9.59 Å². The van der Waals surface area contributed by atoms with Crippen molar-refractivity contribution in [3.05, 3.63) is 52.1 Å². The molecule has 25 heavy (non-hydrogen) atoms.